The Labute approximate surface area is 148 Å². The molecule has 6 nitrogen and oxygen atoms in total. The first kappa shape index (κ1) is 17.7. The summed E-state index contributed by atoms with van der Waals surface area (Å²) in [6.45, 7) is 3.79. The first-order chi connectivity index (χ1) is 12.3. The zero-order valence-electron chi connectivity index (χ0n) is 13.7. The Hall–Kier alpha value is -3.10. The molecule has 0 amide bonds. The summed E-state index contributed by atoms with van der Waals surface area (Å²) in [5.41, 5.74) is 0.229. The molecule has 0 aliphatic heterocycles. The van der Waals surface area contributed by atoms with Gasteiger partial charge in [0.25, 0.3) is 0 Å². The third-order valence-electron chi connectivity index (χ3n) is 3.45. The molecular weight excluding hydrogens is 345 g/mol. The van der Waals surface area contributed by atoms with Crippen LogP contribution < -0.4 is 10.6 Å². The molecule has 1 aromatic carbocycles. The third kappa shape index (κ3) is 4.11. The lowest BCUT2D eigenvalue weighted by atomic mass is 10.1. The zero-order chi connectivity index (χ0) is 18.7. The molecule has 0 fully saturated rings. The molecule has 26 heavy (non-hydrogen) atoms. The summed E-state index contributed by atoms with van der Waals surface area (Å²) in [5, 5.41) is 9.42. The summed E-state index contributed by atoms with van der Waals surface area (Å²) >= 11 is 0. The molecular formula is C17H15F3N6. The summed E-state index contributed by atoms with van der Waals surface area (Å²) in [7, 11) is 1.72. The smallest absolute Gasteiger partial charge is 0.357 e. The van der Waals surface area contributed by atoms with Crippen molar-refractivity contribution >= 4 is 17.5 Å². The van der Waals surface area contributed by atoms with Crippen LogP contribution >= 0.6 is 0 Å². The number of hydrogen-bond donors (Lipinski definition) is 2. The average molecular weight is 360 g/mol. The van der Waals surface area contributed by atoms with E-state index in [4.69, 9.17) is 0 Å². The van der Waals surface area contributed by atoms with E-state index in [-0.39, 0.29) is 11.8 Å². The van der Waals surface area contributed by atoms with Crippen molar-refractivity contribution in [2.45, 2.75) is 6.18 Å². The molecule has 2 heterocycles. The zero-order valence-corrected chi connectivity index (χ0v) is 13.7. The van der Waals surface area contributed by atoms with Gasteiger partial charge in [0.15, 0.2) is 0 Å². The number of anilines is 3. The lowest BCUT2D eigenvalue weighted by Crippen LogP contribution is -2.17. The van der Waals surface area contributed by atoms with Crippen molar-refractivity contribution in [2.24, 2.45) is 7.05 Å². The first-order valence-corrected chi connectivity index (χ1v) is 7.54. The predicted molar refractivity (Wildman–Crippen MR) is 91.3 cm³/mol. The third-order valence-corrected chi connectivity index (χ3v) is 3.45. The van der Waals surface area contributed by atoms with Gasteiger partial charge < -0.3 is 10.6 Å². The van der Waals surface area contributed by atoms with Gasteiger partial charge in [-0.2, -0.15) is 23.3 Å². The maximum absolute atomic E-state index is 13.3. The maximum atomic E-state index is 13.3. The van der Waals surface area contributed by atoms with Crippen molar-refractivity contribution in [3.05, 3.63) is 73.0 Å². The van der Waals surface area contributed by atoms with Crippen molar-refractivity contribution in [2.75, 3.05) is 10.6 Å². The number of nitrogens with one attached hydrogen (secondary N) is 2. The Bertz CT molecular complexity index is 876. The highest BCUT2D eigenvalue weighted by Crippen LogP contribution is 2.35. The second kappa shape index (κ2) is 7.03. The number of hydrogen-bond acceptors (Lipinski definition) is 5. The number of nitrogens with zero attached hydrogens (tertiary/aromatic N) is 4. The first-order valence-electron chi connectivity index (χ1n) is 7.54. The van der Waals surface area contributed by atoms with Crippen molar-refractivity contribution in [1.82, 2.24) is 19.7 Å². The van der Waals surface area contributed by atoms with Crippen molar-refractivity contribution in [1.29, 1.82) is 0 Å². The van der Waals surface area contributed by atoms with E-state index in [2.05, 4.69) is 32.6 Å². The van der Waals surface area contributed by atoms with Gasteiger partial charge in [-0.3, -0.25) is 4.68 Å². The molecule has 0 atom stereocenters. The molecule has 3 rings (SSSR count). The molecule has 9 heteroatoms. The van der Waals surface area contributed by atoms with Gasteiger partial charge in [0, 0.05) is 19.4 Å². The number of alkyl halides is 3. The van der Waals surface area contributed by atoms with E-state index in [1.807, 2.05) is 0 Å². The van der Waals surface area contributed by atoms with Crippen LogP contribution in [0.15, 0.2) is 48.9 Å². The Morgan fingerprint density at radius 3 is 2.50 bits per heavy atom. The van der Waals surface area contributed by atoms with Crippen LogP contribution in [0.5, 0.6) is 0 Å². The Morgan fingerprint density at radius 1 is 1.15 bits per heavy atom. The highest BCUT2D eigenvalue weighted by atomic mass is 19.4. The maximum Gasteiger partial charge on any atom is 0.421 e. The topological polar surface area (TPSA) is 67.7 Å². The van der Waals surface area contributed by atoms with E-state index < -0.39 is 11.7 Å². The fourth-order valence-corrected chi connectivity index (χ4v) is 2.21. The van der Waals surface area contributed by atoms with E-state index in [9.17, 15) is 13.2 Å². The molecule has 0 bridgehead atoms. The molecule has 0 aliphatic rings. The molecule has 0 unspecified atom stereocenters. The fourth-order valence-electron chi connectivity index (χ4n) is 2.21. The normalized spacial score (nSPS) is 11.6. The minimum atomic E-state index is -4.61. The van der Waals surface area contributed by atoms with Crippen molar-refractivity contribution in [3.8, 4) is 0 Å². The van der Waals surface area contributed by atoms with Gasteiger partial charge in [0.1, 0.15) is 11.4 Å². The van der Waals surface area contributed by atoms with Crippen LogP contribution in [0.4, 0.5) is 30.6 Å². The van der Waals surface area contributed by atoms with Gasteiger partial charge in [-0.1, -0.05) is 30.3 Å². The van der Waals surface area contributed by atoms with Crippen LogP contribution in [-0.4, -0.2) is 19.7 Å². The summed E-state index contributed by atoms with van der Waals surface area (Å²) in [4.78, 5) is 7.70. The van der Waals surface area contributed by atoms with Crippen molar-refractivity contribution < 1.29 is 13.2 Å². The van der Waals surface area contributed by atoms with Crippen LogP contribution in [-0.2, 0) is 13.2 Å². The predicted octanol–water partition coefficient (Wildman–Crippen LogP) is 3.80. The molecule has 2 N–H and O–H groups in total. The van der Waals surface area contributed by atoms with Gasteiger partial charge in [0.05, 0.1) is 17.9 Å². The second-order valence-electron chi connectivity index (χ2n) is 5.45. The van der Waals surface area contributed by atoms with Crippen LogP contribution in [0.2, 0.25) is 0 Å². The highest BCUT2D eigenvalue weighted by Gasteiger charge is 2.35. The standard InChI is InChI=1S/C17H15F3N6/c1-11(12-6-4-3-5-7-12)23-15-14(17(18,19)20)9-21-16(25-15)24-13-8-22-26(2)10-13/h3-10H,1H2,2H3,(H2,21,23,24,25). The molecule has 134 valence electrons. The quantitative estimate of drug-likeness (QED) is 0.724. The van der Waals surface area contributed by atoms with Crippen LogP contribution in [0.25, 0.3) is 0 Å². The largest absolute Gasteiger partial charge is 0.421 e. The summed E-state index contributed by atoms with van der Waals surface area (Å²) < 4.78 is 41.4. The summed E-state index contributed by atoms with van der Waals surface area (Å²) in [6, 6.07) is 9.10. The van der Waals surface area contributed by atoms with E-state index in [1.54, 1.807) is 48.3 Å². The van der Waals surface area contributed by atoms with Gasteiger partial charge in [-0.15, -0.1) is 0 Å². The molecule has 0 saturated heterocycles. The lowest BCUT2D eigenvalue weighted by Gasteiger charge is -2.18. The minimum absolute atomic E-state index is 0.00867. The van der Waals surface area contributed by atoms with Gasteiger partial charge >= 0.3 is 6.18 Å². The average Bonchev–Trinajstić information content (AvgIpc) is 2.99. The van der Waals surface area contributed by atoms with Gasteiger partial charge in [-0.05, 0) is 12.5 Å². The molecule has 0 saturated carbocycles. The van der Waals surface area contributed by atoms with Crippen LogP contribution in [0.3, 0.4) is 0 Å². The monoisotopic (exact) mass is 360 g/mol. The number of rotatable bonds is 5. The summed E-state index contributed by atoms with van der Waals surface area (Å²) in [6.07, 6.45) is -0.716. The van der Waals surface area contributed by atoms with Crippen molar-refractivity contribution in [3.63, 3.8) is 0 Å². The van der Waals surface area contributed by atoms with E-state index in [0.717, 1.165) is 6.20 Å². The molecule has 0 spiro atoms. The summed E-state index contributed by atoms with van der Waals surface area (Å²) in [5.74, 6) is -0.373. The molecule has 3 aromatic rings. The molecule has 2 aromatic heterocycles. The van der Waals surface area contributed by atoms with E-state index in [0.29, 0.717) is 17.3 Å². The highest BCUT2D eigenvalue weighted by molar-refractivity contribution is 5.58. The number of aryl methyl sites for hydroxylation is 1. The fraction of sp³-hybridized carbons (Fsp3) is 0.118. The second-order valence-corrected chi connectivity index (χ2v) is 5.45. The Morgan fingerprint density at radius 2 is 1.88 bits per heavy atom. The van der Waals surface area contributed by atoms with E-state index in [1.165, 1.54) is 6.20 Å². The minimum Gasteiger partial charge on any atom is -0.357 e. The number of halogens is 3. The van der Waals surface area contributed by atoms with Gasteiger partial charge in [0.2, 0.25) is 5.95 Å². The molecule has 0 aliphatic carbocycles. The van der Waals surface area contributed by atoms with Crippen LogP contribution in [0, 0.1) is 13.0 Å². The van der Waals surface area contributed by atoms with Crippen LogP contribution in [0.1, 0.15) is 11.1 Å². The Kier molecular flexibility index (Phi) is 4.79. The SMILES string of the molecule is [CH2][C](Nc1nc(Nc2cnn(C)c2)ncc1C(F)(F)F)c1ccccc1. The van der Waals surface area contributed by atoms with E-state index >= 15 is 0 Å². The number of benzene rings is 1. The number of aromatic nitrogens is 4. The van der Waals surface area contributed by atoms with Gasteiger partial charge in [-0.25, -0.2) is 4.98 Å². The molecule has 2 radical (unpaired) electrons. The Balaban J connectivity index is 1.90. The lowest BCUT2D eigenvalue weighted by molar-refractivity contribution is -0.137.